The molecule has 0 aliphatic heterocycles. The lowest BCUT2D eigenvalue weighted by molar-refractivity contribution is -0.138. The monoisotopic (exact) mass is 204 g/mol. The van der Waals surface area contributed by atoms with Gasteiger partial charge in [0.15, 0.2) is 0 Å². The van der Waals surface area contributed by atoms with E-state index < -0.39 is 11.7 Å². The highest BCUT2D eigenvalue weighted by atomic mass is 19.4. The molecule has 0 heterocycles. The van der Waals surface area contributed by atoms with E-state index in [-0.39, 0.29) is 0 Å². The van der Waals surface area contributed by atoms with Crippen LogP contribution in [0.4, 0.5) is 13.2 Å². The van der Waals surface area contributed by atoms with E-state index >= 15 is 0 Å². The molecule has 0 nitrogen and oxygen atoms in total. The molecule has 0 spiro atoms. The fraction of sp³-hybridized carbons (Fsp3) is 0.455. The Morgan fingerprint density at radius 1 is 1.07 bits per heavy atom. The number of benzene rings is 1. The Morgan fingerprint density at radius 2 is 1.57 bits per heavy atom. The maximum Gasteiger partial charge on any atom is 0.416 e. The van der Waals surface area contributed by atoms with E-state index in [1.54, 1.807) is 13.0 Å². The molecule has 0 saturated carbocycles. The van der Waals surface area contributed by atoms with E-state index in [4.69, 9.17) is 0 Å². The minimum Gasteiger partial charge on any atom is -0.166 e. The molecule has 0 aliphatic rings. The SMILES string of the molecule is CC.CCc1ccccc1C(F)(F)F. The van der Waals surface area contributed by atoms with E-state index in [1.165, 1.54) is 12.1 Å². The Morgan fingerprint density at radius 3 is 1.93 bits per heavy atom. The maximum absolute atomic E-state index is 12.2. The summed E-state index contributed by atoms with van der Waals surface area (Å²) in [5.74, 6) is 0. The summed E-state index contributed by atoms with van der Waals surface area (Å²) in [4.78, 5) is 0. The maximum atomic E-state index is 12.2. The van der Waals surface area contributed by atoms with Gasteiger partial charge in [-0.05, 0) is 18.1 Å². The summed E-state index contributed by atoms with van der Waals surface area (Å²) >= 11 is 0. The van der Waals surface area contributed by atoms with Gasteiger partial charge < -0.3 is 0 Å². The second-order valence-corrected chi connectivity index (χ2v) is 2.51. The zero-order valence-electron chi connectivity index (χ0n) is 8.65. The zero-order valence-corrected chi connectivity index (χ0v) is 8.65. The molecule has 0 saturated heterocycles. The number of alkyl halides is 3. The topological polar surface area (TPSA) is 0 Å². The summed E-state index contributed by atoms with van der Waals surface area (Å²) in [6, 6.07) is 5.64. The Labute approximate surface area is 82.8 Å². The van der Waals surface area contributed by atoms with Gasteiger partial charge in [-0.3, -0.25) is 0 Å². The minimum atomic E-state index is -4.22. The van der Waals surface area contributed by atoms with Gasteiger partial charge in [-0.2, -0.15) is 13.2 Å². The number of rotatable bonds is 1. The van der Waals surface area contributed by atoms with Crippen LogP contribution in [0, 0.1) is 0 Å². The fourth-order valence-corrected chi connectivity index (χ4v) is 1.11. The first kappa shape index (κ1) is 13.0. The van der Waals surface area contributed by atoms with Gasteiger partial charge in [-0.1, -0.05) is 39.0 Å². The summed E-state index contributed by atoms with van der Waals surface area (Å²) in [7, 11) is 0. The Kier molecular flexibility index (Phi) is 5.28. The van der Waals surface area contributed by atoms with Crippen molar-refractivity contribution in [2.24, 2.45) is 0 Å². The van der Waals surface area contributed by atoms with Crippen molar-refractivity contribution in [2.75, 3.05) is 0 Å². The van der Waals surface area contributed by atoms with Crippen LogP contribution in [0.1, 0.15) is 31.9 Å². The molecule has 3 heteroatoms. The lowest BCUT2D eigenvalue weighted by Crippen LogP contribution is -2.08. The highest BCUT2D eigenvalue weighted by Gasteiger charge is 2.32. The van der Waals surface area contributed by atoms with Crippen molar-refractivity contribution >= 4 is 0 Å². The third-order valence-electron chi connectivity index (χ3n) is 1.70. The number of hydrogen-bond acceptors (Lipinski definition) is 0. The summed E-state index contributed by atoms with van der Waals surface area (Å²) < 4.78 is 36.7. The van der Waals surface area contributed by atoms with Gasteiger partial charge >= 0.3 is 6.18 Å². The largest absolute Gasteiger partial charge is 0.416 e. The third kappa shape index (κ3) is 3.40. The van der Waals surface area contributed by atoms with Crippen LogP contribution in [0.25, 0.3) is 0 Å². The molecular formula is C11H15F3. The van der Waals surface area contributed by atoms with E-state index in [0.717, 1.165) is 6.07 Å². The Hall–Kier alpha value is -0.990. The fourth-order valence-electron chi connectivity index (χ4n) is 1.11. The first-order chi connectivity index (χ1) is 6.55. The molecule has 1 aromatic carbocycles. The summed E-state index contributed by atoms with van der Waals surface area (Å²) in [6.45, 7) is 5.71. The van der Waals surface area contributed by atoms with Crippen molar-refractivity contribution in [1.82, 2.24) is 0 Å². The van der Waals surface area contributed by atoms with E-state index in [9.17, 15) is 13.2 Å². The van der Waals surface area contributed by atoms with Crippen molar-refractivity contribution in [3.05, 3.63) is 35.4 Å². The van der Waals surface area contributed by atoms with Crippen LogP contribution in [0.2, 0.25) is 0 Å². The molecule has 0 amide bonds. The summed E-state index contributed by atoms with van der Waals surface area (Å²) in [5.41, 5.74) is -0.169. The Balaban J connectivity index is 0.000000791. The van der Waals surface area contributed by atoms with Crippen LogP contribution in [-0.2, 0) is 12.6 Å². The molecule has 0 radical (unpaired) electrons. The molecule has 1 rings (SSSR count). The zero-order chi connectivity index (χ0) is 11.2. The molecular weight excluding hydrogens is 189 g/mol. The molecule has 1 aromatic rings. The van der Waals surface area contributed by atoms with Crippen LogP contribution in [-0.4, -0.2) is 0 Å². The molecule has 80 valence electrons. The summed E-state index contributed by atoms with van der Waals surface area (Å²) in [6.07, 6.45) is -3.80. The predicted octanol–water partition coefficient (Wildman–Crippen LogP) is 4.29. The molecule has 0 aliphatic carbocycles. The first-order valence-electron chi connectivity index (χ1n) is 4.70. The molecule has 0 aromatic heterocycles. The van der Waals surface area contributed by atoms with Crippen LogP contribution in [0.5, 0.6) is 0 Å². The van der Waals surface area contributed by atoms with Crippen LogP contribution < -0.4 is 0 Å². The number of halogens is 3. The molecule has 0 atom stereocenters. The van der Waals surface area contributed by atoms with Gasteiger partial charge in [-0.25, -0.2) is 0 Å². The highest BCUT2D eigenvalue weighted by molar-refractivity contribution is 5.29. The van der Waals surface area contributed by atoms with Gasteiger partial charge in [-0.15, -0.1) is 0 Å². The summed E-state index contributed by atoms with van der Waals surface area (Å²) in [5, 5.41) is 0. The van der Waals surface area contributed by atoms with Crippen molar-refractivity contribution in [1.29, 1.82) is 0 Å². The lowest BCUT2D eigenvalue weighted by atomic mass is 10.1. The van der Waals surface area contributed by atoms with E-state index in [2.05, 4.69) is 0 Å². The molecule has 0 unspecified atom stereocenters. The molecule has 0 N–H and O–H groups in total. The van der Waals surface area contributed by atoms with Crippen molar-refractivity contribution in [3.8, 4) is 0 Å². The predicted molar refractivity (Wildman–Crippen MR) is 52.2 cm³/mol. The second kappa shape index (κ2) is 5.68. The average molecular weight is 204 g/mol. The normalized spacial score (nSPS) is 10.4. The highest BCUT2D eigenvalue weighted by Crippen LogP contribution is 2.31. The molecule has 14 heavy (non-hydrogen) atoms. The van der Waals surface area contributed by atoms with Crippen molar-refractivity contribution < 1.29 is 13.2 Å². The first-order valence-corrected chi connectivity index (χ1v) is 4.70. The third-order valence-corrected chi connectivity index (χ3v) is 1.70. The number of hydrogen-bond donors (Lipinski definition) is 0. The van der Waals surface area contributed by atoms with Crippen molar-refractivity contribution in [3.63, 3.8) is 0 Å². The van der Waals surface area contributed by atoms with Crippen LogP contribution >= 0.6 is 0 Å². The van der Waals surface area contributed by atoms with Crippen LogP contribution in [0.15, 0.2) is 24.3 Å². The molecule has 0 fully saturated rings. The van der Waals surface area contributed by atoms with Gasteiger partial charge in [0, 0.05) is 0 Å². The second-order valence-electron chi connectivity index (χ2n) is 2.51. The van der Waals surface area contributed by atoms with Gasteiger partial charge in [0.05, 0.1) is 5.56 Å². The lowest BCUT2D eigenvalue weighted by Gasteiger charge is -2.10. The van der Waals surface area contributed by atoms with Crippen LogP contribution in [0.3, 0.4) is 0 Å². The van der Waals surface area contributed by atoms with E-state index in [0.29, 0.717) is 12.0 Å². The average Bonchev–Trinajstić information content (AvgIpc) is 2.19. The standard InChI is InChI=1S/C9H9F3.C2H6/c1-2-7-5-3-4-6-8(7)9(10,11)12;1-2/h3-6H,2H2,1H3;1-2H3. The van der Waals surface area contributed by atoms with Gasteiger partial charge in [0.1, 0.15) is 0 Å². The van der Waals surface area contributed by atoms with Gasteiger partial charge in [0.2, 0.25) is 0 Å². The molecule has 0 bridgehead atoms. The van der Waals surface area contributed by atoms with E-state index in [1.807, 2.05) is 13.8 Å². The number of aryl methyl sites for hydroxylation is 1. The van der Waals surface area contributed by atoms with Crippen molar-refractivity contribution in [2.45, 2.75) is 33.4 Å². The smallest absolute Gasteiger partial charge is 0.166 e. The quantitative estimate of drug-likeness (QED) is 0.640. The Bertz CT molecular complexity index is 263. The van der Waals surface area contributed by atoms with Gasteiger partial charge in [0.25, 0.3) is 0 Å². The minimum absolute atomic E-state index is 0.352.